The SMILES string of the molecule is CC(=O)N1CCCN(C(=O)NC[C@H]2Cc3ccccc3O2)CC1. The van der Waals surface area contributed by atoms with E-state index in [4.69, 9.17) is 4.74 Å². The van der Waals surface area contributed by atoms with E-state index in [9.17, 15) is 9.59 Å². The molecule has 1 fully saturated rings. The molecule has 0 bridgehead atoms. The lowest BCUT2D eigenvalue weighted by atomic mass is 10.1. The van der Waals surface area contributed by atoms with Gasteiger partial charge in [0.05, 0.1) is 6.54 Å². The minimum Gasteiger partial charge on any atom is -0.488 e. The molecule has 6 heteroatoms. The number of carbonyl (C=O) groups is 2. The Morgan fingerprint density at radius 2 is 1.91 bits per heavy atom. The van der Waals surface area contributed by atoms with Gasteiger partial charge in [0.15, 0.2) is 0 Å². The zero-order valence-corrected chi connectivity index (χ0v) is 13.5. The number of fused-ring (bicyclic) bond motifs is 1. The highest BCUT2D eigenvalue weighted by atomic mass is 16.5. The highest BCUT2D eigenvalue weighted by Crippen LogP contribution is 2.27. The predicted octanol–water partition coefficient (Wildman–Crippen LogP) is 1.25. The summed E-state index contributed by atoms with van der Waals surface area (Å²) < 4.78 is 5.83. The first-order valence-corrected chi connectivity index (χ1v) is 8.16. The van der Waals surface area contributed by atoms with Gasteiger partial charge < -0.3 is 19.9 Å². The molecule has 6 nitrogen and oxygen atoms in total. The van der Waals surface area contributed by atoms with E-state index >= 15 is 0 Å². The van der Waals surface area contributed by atoms with Gasteiger partial charge in [-0.15, -0.1) is 0 Å². The number of para-hydroxylation sites is 1. The fourth-order valence-corrected chi connectivity index (χ4v) is 3.12. The molecule has 2 aliphatic heterocycles. The van der Waals surface area contributed by atoms with E-state index in [1.165, 1.54) is 5.56 Å². The van der Waals surface area contributed by atoms with Gasteiger partial charge in [-0.3, -0.25) is 4.79 Å². The van der Waals surface area contributed by atoms with Gasteiger partial charge in [0.25, 0.3) is 0 Å². The summed E-state index contributed by atoms with van der Waals surface area (Å²) in [6.07, 6.45) is 1.64. The molecule has 2 aliphatic rings. The highest BCUT2D eigenvalue weighted by molar-refractivity contribution is 5.75. The quantitative estimate of drug-likeness (QED) is 0.893. The van der Waals surface area contributed by atoms with Crippen molar-refractivity contribution in [3.63, 3.8) is 0 Å². The largest absolute Gasteiger partial charge is 0.488 e. The van der Waals surface area contributed by atoms with E-state index in [1.54, 1.807) is 16.7 Å². The summed E-state index contributed by atoms with van der Waals surface area (Å²) in [5, 5.41) is 2.96. The van der Waals surface area contributed by atoms with Crippen LogP contribution >= 0.6 is 0 Å². The average molecular weight is 317 g/mol. The van der Waals surface area contributed by atoms with Crippen molar-refractivity contribution < 1.29 is 14.3 Å². The van der Waals surface area contributed by atoms with Crippen molar-refractivity contribution in [1.82, 2.24) is 15.1 Å². The predicted molar refractivity (Wildman–Crippen MR) is 86.4 cm³/mol. The number of amides is 3. The van der Waals surface area contributed by atoms with Crippen LogP contribution in [0.4, 0.5) is 4.79 Å². The summed E-state index contributed by atoms with van der Waals surface area (Å²) in [5.41, 5.74) is 1.19. The number of rotatable bonds is 2. The van der Waals surface area contributed by atoms with Crippen LogP contribution in [0.2, 0.25) is 0 Å². The second-order valence-electron chi connectivity index (χ2n) is 6.08. The Kier molecular flexibility index (Phi) is 4.69. The van der Waals surface area contributed by atoms with Crippen LogP contribution in [0.5, 0.6) is 5.75 Å². The second kappa shape index (κ2) is 6.89. The Hall–Kier alpha value is -2.24. The molecule has 1 saturated heterocycles. The highest BCUT2D eigenvalue weighted by Gasteiger charge is 2.24. The molecule has 1 atom stereocenters. The first-order chi connectivity index (χ1) is 11.1. The summed E-state index contributed by atoms with van der Waals surface area (Å²) in [6.45, 7) is 4.66. The van der Waals surface area contributed by atoms with Gasteiger partial charge in [-0.1, -0.05) is 18.2 Å². The molecule has 0 unspecified atom stereocenters. The van der Waals surface area contributed by atoms with E-state index in [-0.39, 0.29) is 18.0 Å². The van der Waals surface area contributed by atoms with Gasteiger partial charge in [-0.05, 0) is 18.1 Å². The van der Waals surface area contributed by atoms with Gasteiger partial charge in [0, 0.05) is 39.5 Å². The van der Waals surface area contributed by atoms with Crippen molar-refractivity contribution in [2.45, 2.75) is 25.9 Å². The maximum absolute atomic E-state index is 12.3. The minimum atomic E-state index is -0.0741. The van der Waals surface area contributed by atoms with Gasteiger partial charge in [-0.25, -0.2) is 4.79 Å². The Bertz CT molecular complexity index is 565. The lowest BCUT2D eigenvalue weighted by Gasteiger charge is -2.22. The molecule has 1 N–H and O–H groups in total. The van der Waals surface area contributed by atoms with Crippen LogP contribution in [0.15, 0.2) is 24.3 Å². The number of nitrogens with zero attached hydrogens (tertiary/aromatic N) is 2. The molecule has 0 aromatic heterocycles. The van der Waals surface area contributed by atoms with Gasteiger partial charge in [0.1, 0.15) is 11.9 Å². The molecule has 0 aliphatic carbocycles. The van der Waals surface area contributed by atoms with Crippen LogP contribution in [-0.2, 0) is 11.2 Å². The van der Waals surface area contributed by atoms with Crippen LogP contribution in [0.25, 0.3) is 0 Å². The maximum Gasteiger partial charge on any atom is 0.317 e. The third kappa shape index (κ3) is 3.75. The summed E-state index contributed by atoms with van der Waals surface area (Å²) >= 11 is 0. The van der Waals surface area contributed by atoms with E-state index in [0.717, 1.165) is 25.1 Å². The number of carbonyl (C=O) groups excluding carboxylic acids is 2. The number of hydrogen-bond donors (Lipinski definition) is 1. The molecule has 0 spiro atoms. The number of benzene rings is 1. The number of nitrogens with one attached hydrogen (secondary N) is 1. The summed E-state index contributed by atoms with van der Waals surface area (Å²) in [5.74, 6) is 0.989. The molecular formula is C17H23N3O3. The van der Waals surface area contributed by atoms with Crippen LogP contribution in [0.1, 0.15) is 18.9 Å². The Morgan fingerprint density at radius 3 is 2.70 bits per heavy atom. The average Bonchev–Trinajstić information content (AvgIpc) is 2.79. The van der Waals surface area contributed by atoms with Crippen molar-refractivity contribution >= 4 is 11.9 Å². The molecule has 3 amide bonds. The van der Waals surface area contributed by atoms with Crippen LogP contribution < -0.4 is 10.1 Å². The normalized spacial score (nSPS) is 20.5. The molecular weight excluding hydrogens is 294 g/mol. The molecule has 3 rings (SSSR count). The van der Waals surface area contributed by atoms with Gasteiger partial charge >= 0.3 is 6.03 Å². The lowest BCUT2D eigenvalue weighted by Crippen LogP contribution is -2.45. The second-order valence-corrected chi connectivity index (χ2v) is 6.08. The Morgan fingerprint density at radius 1 is 1.17 bits per heavy atom. The van der Waals surface area contributed by atoms with E-state index in [2.05, 4.69) is 11.4 Å². The molecule has 1 aromatic carbocycles. The summed E-state index contributed by atoms with van der Waals surface area (Å²) in [6, 6.07) is 7.90. The van der Waals surface area contributed by atoms with Gasteiger partial charge in [0.2, 0.25) is 5.91 Å². The molecule has 124 valence electrons. The molecule has 0 saturated carbocycles. The summed E-state index contributed by atoms with van der Waals surface area (Å²) in [4.78, 5) is 27.3. The monoisotopic (exact) mass is 317 g/mol. The zero-order chi connectivity index (χ0) is 16.2. The van der Waals surface area contributed by atoms with Gasteiger partial charge in [-0.2, -0.15) is 0 Å². The van der Waals surface area contributed by atoms with Crippen molar-refractivity contribution in [2.24, 2.45) is 0 Å². The number of ether oxygens (including phenoxy) is 1. The fraction of sp³-hybridized carbons (Fsp3) is 0.529. The first-order valence-electron chi connectivity index (χ1n) is 8.16. The Balaban J connectivity index is 1.46. The molecule has 23 heavy (non-hydrogen) atoms. The Labute approximate surface area is 136 Å². The van der Waals surface area contributed by atoms with Crippen molar-refractivity contribution in [1.29, 1.82) is 0 Å². The summed E-state index contributed by atoms with van der Waals surface area (Å²) in [7, 11) is 0. The van der Waals surface area contributed by atoms with Crippen LogP contribution in [-0.4, -0.2) is 60.6 Å². The van der Waals surface area contributed by atoms with Crippen molar-refractivity contribution in [2.75, 3.05) is 32.7 Å². The van der Waals surface area contributed by atoms with Crippen molar-refractivity contribution in [3.05, 3.63) is 29.8 Å². The third-order valence-corrected chi connectivity index (χ3v) is 4.42. The maximum atomic E-state index is 12.3. The first kappa shape index (κ1) is 15.6. The smallest absolute Gasteiger partial charge is 0.317 e. The van der Waals surface area contributed by atoms with E-state index < -0.39 is 0 Å². The fourth-order valence-electron chi connectivity index (χ4n) is 3.12. The minimum absolute atomic E-state index is 0.00274. The number of urea groups is 1. The lowest BCUT2D eigenvalue weighted by molar-refractivity contribution is -0.128. The molecule has 1 aromatic rings. The topological polar surface area (TPSA) is 61.9 Å². The zero-order valence-electron chi connectivity index (χ0n) is 13.5. The van der Waals surface area contributed by atoms with Crippen LogP contribution in [0.3, 0.4) is 0 Å². The van der Waals surface area contributed by atoms with Crippen molar-refractivity contribution in [3.8, 4) is 5.75 Å². The van der Waals surface area contributed by atoms with E-state index in [1.807, 2.05) is 18.2 Å². The third-order valence-electron chi connectivity index (χ3n) is 4.42. The number of hydrogen-bond acceptors (Lipinski definition) is 3. The molecule has 2 heterocycles. The standard InChI is InChI=1S/C17H23N3O3/c1-13(21)19-7-4-8-20(10-9-19)17(22)18-12-15-11-14-5-2-3-6-16(14)23-15/h2-3,5-6,15H,4,7-12H2,1H3,(H,18,22)/t15-/m1/s1. The van der Waals surface area contributed by atoms with E-state index in [0.29, 0.717) is 26.2 Å². The van der Waals surface area contributed by atoms with Crippen LogP contribution in [0, 0.1) is 0 Å². The molecule has 0 radical (unpaired) electrons.